The van der Waals surface area contributed by atoms with Crippen LogP contribution in [0.4, 0.5) is 0 Å². The third-order valence-corrected chi connectivity index (χ3v) is 2.08. The second-order valence-electron chi connectivity index (χ2n) is 3.32. The fourth-order valence-electron chi connectivity index (χ4n) is 1.37. The molecular weight excluding hydrogens is 224 g/mol. The Morgan fingerprint density at radius 1 is 1.18 bits per heavy atom. The average molecular weight is 238 g/mol. The molecule has 1 aromatic carbocycles. The maximum absolute atomic E-state index is 11.4. The number of benzene rings is 1. The first-order valence-corrected chi connectivity index (χ1v) is 4.99. The number of carbonyl (C=O) groups excluding carboxylic acids is 2. The van der Waals surface area contributed by atoms with Crippen molar-refractivity contribution >= 4 is 11.9 Å². The van der Waals surface area contributed by atoms with Crippen molar-refractivity contribution in [2.24, 2.45) is 0 Å². The first kappa shape index (κ1) is 13.0. The molecule has 0 aliphatic carbocycles. The van der Waals surface area contributed by atoms with Crippen molar-refractivity contribution < 1.29 is 23.8 Å². The summed E-state index contributed by atoms with van der Waals surface area (Å²) in [6.45, 7) is 1.18. The largest absolute Gasteiger partial charge is 0.497 e. The molecule has 0 fully saturated rings. The molecule has 1 rings (SSSR count). The molecule has 1 aromatic rings. The fourth-order valence-corrected chi connectivity index (χ4v) is 1.37. The lowest BCUT2D eigenvalue weighted by atomic mass is 10.1. The Kier molecular flexibility index (Phi) is 4.51. The van der Waals surface area contributed by atoms with E-state index in [1.807, 2.05) is 0 Å². The molecule has 0 aromatic heterocycles. The summed E-state index contributed by atoms with van der Waals surface area (Å²) in [6, 6.07) is 5.08. The van der Waals surface area contributed by atoms with Gasteiger partial charge in [0.1, 0.15) is 11.5 Å². The van der Waals surface area contributed by atoms with Gasteiger partial charge in [-0.2, -0.15) is 0 Å². The highest BCUT2D eigenvalue weighted by Gasteiger charge is 2.12. The number of hydrogen-bond donors (Lipinski definition) is 0. The summed E-state index contributed by atoms with van der Waals surface area (Å²) in [5.41, 5.74) is 0.609. The van der Waals surface area contributed by atoms with Crippen LogP contribution in [0.25, 0.3) is 0 Å². The van der Waals surface area contributed by atoms with Crippen molar-refractivity contribution in [1.29, 1.82) is 0 Å². The molecule has 0 spiro atoms. The van der Waals surface area contributed by atoms with Gasteiger partial charge < -0.3 is 14.2 Å². The summed E-state index contributed by atoms with van der Waals surface area (Å²) < 4.78 is 14.6. The first-order chi connectivity index (χ1) is 8.06. The van der Waals surface area contributed by atoms with E-state index in [0.29, 0.717) is 17.1 Å². The third-order valence-electron chi connectivity index (χ3n) is 2.08. The van der Waals surface area contributed by atoms with E-state index in [1.54, 1.807) is 18.2 Å². The number of esters is 2. The van der Waals surface area contributed by atoms with Gasteiger partial charge in [-0.3, -0.25) is 9.59 Å². The molecule has 5 heteroatoms. The van der Waals surface area contributed by atoms with Crippen LogP contribution in [0.15, 0.2) is 18.2 Å². The summed E-state index contributed by atoms with van der Waals surface area (Å²) in [6.07, 6.45) is -0.0417. The predicted octanol–water partition coefficient (Wildman–Crippen LogP) is 1.34. The van der Waals surface area contributed by atoms with Gasteiger partial charge in [-0.15, -0.1) is 0 Å². The number of hydrogen-bond acceptors (Lipinski definition) is 5. The summed E-state index contributed by atoms with van der Waals surface area (Å²) in [5, 5.41) is 0. The van der Waals surface area contributed by atoms with Crippen LogP contribution in [0.5, 0.6) is 11.5 Å². The Balaban J connectivity index is 2.87. The maximum Gasteiger partial charge on any atom is 0.318 e. The lowest BCUT2D eigenvalue weighted by Crippen LogP contribution is -2.12. The molecule has 17 heavy (non-hydrogen) atoms. The van der Waals surface area contributed by atoms with Crippen LogP contribution in [-0.2, 0) is 20.7 Å². The molecule has 92 valence electrons. The van der Waals surface area contributed by atoms with Crippen LogP contribution in [0, 0.1) is 0 Å². The smallest absolute Gasteiger partial charge is 0.318 e. The van der Waals surface area contributed by atoms with Crippen LogP contribution < -0.4 is 9.47 Å². The quantitative estimate of drug-likeness (QED) is 0.585. The van der Waals surface area contributed by atoms with E-state index in [4.69, 9.17) is 9.47 Å². The SMILES string of the molecule is COc1ccc(OC)c(CC(=O)OC(C)=O)c1. The molecular formula is C12H14O5. The summed E-state index contributed by atoms with van der Waals surface area (Å²) in [7, 11) is 3.03. The molecule has 0 amide bonds. The molecule has 0 radical (unpaired) electrons. The van der Waals surface area contributed by atoms with Gasteiger partial charge in [0.25, 0.3) is 0 Å². The Labute approximate surface area is 99.3 Å². The van der Waals surface area contributed by atoms with Gasteiger partial charge in [-0.25, -0.2) is 0 Å². The van der Waals surface area contributed by atoms with Crippen molar-refractivity contribution in [1.82, 2.24) is 0 Å². The molecule has 0 saturated heterocycles. The number of carbonyl (C=O) groups is 2. The molecule has 0 bridgehead atoms. The second-order valence-corrected chi connectivity index (χ2v) is 3.32. The van der Waals surface area contributed by atoms with E-state index < -0.39 is 11.9 Å². The molecule has 0 atom stereocenters. The van der Waals surface area contributed by atoms with Gasteiger partial charge in [0.2, 0.25) is 0 Å². The van der Waals surface area contributed by atoms with Gasteiger partial charge in [-0.1, -0.05) is 0 Å². The standard InChI is InChI=1S/C12H14O5/c1-8(13)17-12(14)7-9-6-10(15-2)4-5-11(9)16-3/h4-6H,7H2,1-3H3. The van der Waals surface area contributed by atoms with Crippen LogP contribution in [0.1, 0.15) is 12.5 Å². The van der Waals surface area contributed by atoms with E-state index in [0.717, 1.165) is 0 Å². The molecule has 0 aliphatic rings. The van der Waals surface area contributed by atoms with Crippen LogP contribution >= 0.6 is 0 Å². The molecule has 0 aliphatic heterocycles. The number of rotatable bonds is 4. The zero-order valence-electron chi connectivity index (χ0n) is 9.98. The lowest BCUT2D eigenvalue weighted by molar-refractivity contribution is -0.157. The molecule has 0 unspecified atom stereocenters. The zero-order valence-corrected chi connectivity index (χ0v) is 9.98. The predicted molar refractivity (Wildman–Crippen MR) is 60.0 cm³/mol. The van der Waals surface area contributed by atoms with Crippen molar-refractivity contribution in [2.75, 3.05) is 14.2 Å². The number of methoxy groups -OCH3 is 2. The van der Waals surface area contributed by atoms with Crippen molar-refractivity contribution in [3.8, 4) is 11.5 Å². The molecule has 0 N–H and O–H groups in total. The number of ether oxygens (including phenoxy) is 3. The highest BCUT2D eigenvalue weighted by atomic mass is 16.6. The van der Waals surface area contributed by atoms with E-state index in [-0.39, 0.29) is 6.42 Å². The Hall–Kier alpha value is -2.04. The Morgan fingerprint density at radius 3 is 2.41 bits per heavy atom. The molecule has 5 nitrogen and oxygen atoms in total. The zero-order chi connectivity index (χ0) is 12.8. The minimum absolute atomic E-state index is 0.0417. The van der Waals surface area contributed by atoms with Crippen LogP contribution in [0.3, 0.4) is 0 Å². The van der Waals surface area contributed by atoms with Gasteiger partial charge in [0.15, 0.2) is 0 Å². The van der Waals surface area contributed by atoms with E-state index in [2.05, 4.69) is 4.74 Å². The van der Waals surface area contributed by atoms with Crippen molar-refractivity contribution in [3.63, 3.8) is 0 Å². The molecule has 0 saturated carbocycles. The van der Waals surface area contributed by atoms with E-state index in [9.17, 15) is 9.59 Å². The van der Waals surface area contributed by atoms with Gasteiger partial charge in [0.05, 0.1) is 20.6 Å². The Bertz CT molecular complexity index is 425. The van der Waals surface area contributed by atoms with Gasteiger partial charge >= 0.3 is 11.9 Å². The van der Waals surface area contributed by atoms with Crippen molar-refractivity contribution in [3.05, 3.63) is 23.8 Å². The first-order valence-electron chi connectivity index (χ1n) is 4.99. The van der Waals surface area contributed by atoms with Gasteiger partial charge in [-0.05, 0) is 18.2 Å². The molecule has 0 heterocycles. The minimum Gasteiger partial charge on any atom is -0.497 e. The van der Waals surface area contributed by atoms with Gasteiger partial charge in [0, 0.05) is 12.5 Å². The summed E-state index contributed by atoms with van der Waals surface area (Å²) in [5.74, 6) is -0.0938. The van der Waals surface area contributed by atoms with E-state index >= 15 is 0 Å². The third kappa shape index (κ3) is 3.79. The normalized spacial score (nSPS) is 9.59. The monoisotopic (exact) mass is 238 g/mol. The lowest BCUT2D eigenvalue weighted by Gasteiger charge is -2.09. The minimum atomic E-state index is -0.628. The summed E-state index contributed by atoms with van der Waals surface area (Å²) in [4.78, 5) is 22.0. The highest BCUT2D eigenvalue weighted by Crippen LogP contribution is 2.24. The topological polar surface area (TPSA) is 61.8 Å². The summed E-state index contributed by atoms with van der Waals surface area (Å²) >= 11 is 0. The second kappa shape index (κ2) is 5.89. The fraction of sp³-hybridized carbons (Fsp3) is 0.333. The van der Waals surface area contributed by atoms with E-state index in [1.165, 1.54) is 21.1 Å². The maximum atomic E-state index is 11.4. The van der Waals surface area contributed by atoms with Crippen LogP contribution in [-0.4, -0.2) is 26.2 Å². The van der Waals surface area contributed by atoms with Crippen molar-refractivity contribution in [2.45, 2.75) is 13.3 Å². The Morgan fingerprint density at radius 2 is 1.88 bits per heavy atom. The average Bonchev–Trinajstić information content (AvgIpc) is 2.27. The highest BCUT2D eigenvalue weighted by molar-refractivity contribution is 5.85. The van der Waals surface area contributed by atoms with Crippen LogP contribution in [0.2, 0.25) is 0 Å².